The lowest BCUT2D eigenvalue weighted by atomic mass is 10.2. The molecule has 6 heteroatoms. The van der Waals surface area contributed by atoms with Crippen LogP contribution in [0.5, 0.6) is 0 Å². The van der Waals surface area contributed by atoms with Crippen LogP contribution in [-0.2, 0) is 13.0 Å². The van der Waals surface area contributed by atoms with Crippen molar-refractivity contribution >= 4 is 26.3 Å². The van der Waals surface area contributed by atoms with Crippen LogP contribution < -0.4 is 0 Å². The first-order valence-electron chi connectivity index (χ1n) is 8.17. The lowest BCUT2D eigenvalue weighted by molar-refractivity contribution is 0.371. The average Bonchev–Trinajstić information content (AvgIpc) is 2.15. The van der Waals surface area contributed by atoms with Gasteiger partial charge in [-0.25, -0.2) is 0 Å². The van der Waals surface area contributed by atoms with Crippen LogP contribution in [0.3, 0.4) is 0 Å². The molecule has 0 aromatic rings. The van der Waals surface area contributed by atoms with E-state index < -0.39 is 26.3 Å². The third-order valence-corrected chi connectivity index (χ3v) is 12.9. The SMILES string of the molecule is CC(C)(C)[SiH](O[P+](=O)O[SiH](C(C)(C)C)C(C)(C)C)C(C)(C)C. The van der Waals surface area contributed by atoms with Crippen molar-refractivity contribution in [3.05, 3.63) is 0 Å². The molecule has 0 unspecified atom stereocenters. The van der Waals surface area contributed by atoms with Gasteiger partial charge in [0.15, 0.2) is 0 Å². The Hall–Kier alpha value is 0.454. The number of rotatable bonds is 4. The Labute approximate surface area is 143 Å². The van der Waals surface area contributed by atoms with E-state index in [2.05, 4.69) is 83.1 Å². The molecule has 0 N–H and O–H groups in total. The summed E-state index contributed by atoms with van der Waals surface area (Å²) in [6.45, 7) is 26.2. The Balaban J connectivity index is 5.20. The number of hydrogen-bond donors (Lipinski definition) is 0. The molecule has 0 aliphatic heterocycles. The van der Waals surface area contributed by atoms with Crippen molar-refractivity contribution in [3.8, 4) is 0 Å². The van der Waals surface area contributed by atoms with Gasteiger partial charge in [0.1, 0.15) is 0 Å². The second-order valence-corrected chi connectivity index (χ2v) is 21.2. The van der Waals surface area contributed by atoms with Crippen LogP contribution in [0, 0.1) is 0 Å². The fourth-order valence-electron chi connectivity index (χ4n) is 3.43. The molecule has 132 valence electrons. The maximum atomic E-state index is 12.6. The third kappa shape index (κ3) is 7.35. The first kappa shape index (κ1) is 22.5. The van der Waals surface area contributed by atoms with Crippen molar-refractivity contribution in [2.24, 2.45) is 0 Å². The van der Waals surface area contributed by atoms with E-state index in [9.17, 15) is 4.57 Å². The predicted molar refractivity (Wildman–Crippen MR) is 103 cm³/mol. The zero-order valence-electron chi connectivity index (χ0n) is 16.8. The molecule has 0 bridgehead atoms. The summed E-state index contributed by atoms with van der Waals surface area (Å²) in [4.78, 5) is 0. The van der Waals surface area contributed by atoms with Crippen molar-refractivity contribution < 1.29 is 13.0 Å². The molecule has 0 fully saturated rings. The Morgan fingerprint density at radius 1 is 0.545 bits per heavy atom. The minimum Gasteiger partial charge on any atom is -0.179 e. The van der Waals surface area contributed by atoms with Gasteiger partial charge in [0.25, 0.3) is 18.1 Å². The van der Waals surface area contributed by atoms with E-state index in [-0.39, 0.29) is 20.2 Å². The van der Waals surface area contributed by atoms with E-state index >= 15 is 0 Å². The molecular formula is C16H38O3PSi2+. The van der Waals surface area contributed by atoms with Crippen LogP contribution in [0.4, 0.5) is 0 Å². The smallest absolute Gasteiger partial charge is 0.179 e. The molecule has 0 rings (SSSR count). The molecule has 0 aliphatic rings. The fourth-order valence-corrected chi connectivity index (χ4v) is 15.7. The van der Waals surface area contributed by atoms with E-state index in [1.807, 2.05) is 0 Å². The average molecular weight is 366 g/mol. The van der Waals surface area contributed by atoms with Crippen LogP contribution in [-0.4, -0.2) is 18.1 Å². The van der Waals surface area contributed by atoms with Crippen LogP contribution in [0.15, 0.2) is 0 Å². The molecule has 0 amide bonds. The summed E-state index contributed by atoms with van der Waals surface area (Å²) in [7, 11) is -5.49. The van der Waals surface area contributed by atoms with Gasteiger partial charge in [-0.05, 0) is 20.2 Å². The molecule has 0 spiro atoms. The summed E-state index contributed by atoms with van der Waals surface area (Å²) in [5.41, 5.74) is 0. The molecule has 0 aromatic heterocycles. The quantitative estimate of drug-likeness (QED) is 0.431. The predicted octanol–water partition coefficient (Wildman–Crippen LogP) is 6.33. The zero-order valence-corrected chi connectivity index (χ0v) is 20.0. The van der Waals surface area contributed by atoms with Crippen LogP contribution >= 0.6 is 8.25 Å². The highest BCUT2D eigenvalue weighted by atomic mass is 31.1. The van der Waals surface area contributed by atoms with Crippen molar-refractivity contribution in [2.75, 3.05) is 0 Å². The molecule has 0 saturated heterocycles. The first-order valence-corrected chi connectivity index (χ1v) is 12.5. The van der Waals surface area contributed by atoms with Crippen molar-refractivity contribution in [2.45, 2.75) is 103 Å². The molecular weight excluding hydrogens is 327 g/mol. The summed E-state index contributed by atoms with van der Waals surface area (Å²) in [6, 6.07) is 0. The Kier molecular flexibility index (Phi) is 7.29. The van der Waals surface area contributed by atoms with Crippen molar-refractivity contribution in [1.29, 1.82) is 0 Å². The van der Waals surface area contributed by atoms with Crippen LogP contribution in [0.25, 0.3) is 0 Å². The molecule has 0 radical (unpaired) electrons. The first-order chi connectivity index (χ1) is 9.37. The zero-order chi connectivity index (χ0) is 18.1. The summed E-state index contributed by atoms with van der Waals surface area (Å²) in [6.07, 6.45) is 0. The maximum absolute atomic E-state index is 12.6. The standard InChI is InChI=1S/C16H38O3PSi2/c1-13(2,3)21(14(4,5)6)18-20(17)19-22(15(7,8)9)16(10,11)12/h21-22H,1-12H3/q+1. The maximum Gasteiger partial charge on any atom is 0.672 e. The monoisotopic (exact) mass is 365 g/mol. The summed E-state index contributed by atoms with van der Waals surface area (Å²) < 4.78 is 24.7. The largest absolute Gasteiger partial charge is 0.672 e. The van der Waals surface area contributed by atoms with Gasteiger partial charge in [0, 0.05) is 4.57 Å². The minimum atomic E-state index is -2.04. The Morgan fingerprint density at radius 2 is 0.727 bits per heavy atom. The van der Waals surface area contributed by atoms with Crippen LogP contribution in [0.2, 0.25) is 20.2 Å². The van der Waals surface area contributed by atoms with Gasteiger partial charge < -0.3 is 0 Å². The van der Waals surface area contributed by atoms with E-state index in [1.54, 1.807) is 0 Å². The van der Waals surface area contributed by atoms with E-state index in [4.69, 9.17) is 8.43 Å². The van der Waals surface area contributed by atoms with Gasteiger partial charge in [0.05, 0.1) is 0 Å². The Morgan fingerprint density at radius 3 is 0.864 bits per heavy atom. The molecule has 0 aliphatic carbocycles. The molecule has 0 saturated carbocycles. The second kappa shape index (κ2) is 7.14. The van der Waals surface area contributed by atoms with Gasteiger partial charge >= 0.3 is 8.25 Å². The number of hydrogen-bond acceptors (Lipinski definition) is 3. The summed E-state index contributed by atoms with van der Waals surface area (Å²) in [5, 5.41) is 0.195. The third-order valence-electron chi connectivity index (χ3n) is 3.53. The van der Waals surface area contributed by atoms with Gasteiger partial charge in [-0.1, -0.05) is 83.1 Å². The van der Waals surface area contributed by atoms with Gasteiger partial charge in [-0.2, -0.15) is 8.43 Å². The van der Waals surface area contributed by atoms with Gasteiger partial charge in [0.2, 0.25) is 0 Å². The molecule has 0 atom stereocenters. The highest BCUT2D eigenvalue weighted by Gasteiger charge is 2.50. The van der Waals surface area contributed by atoms with Gasteiger partial charge in [-0.3, -0.25) is 0 Å². The highest BCUT2D eigenvalue weighted by molar-refractivity contribution is 7.37. The van der Waals surface area contributed by atoms with E-state index in [0.717, 1.165) is 0 Å². The normalized spacial score (nSPS) is 14.8. The second-order valence-electron chi connectivity index (χ2n) is 10.7. The van der Waals surface area contributed by atoms with Crippen molar-refractivity contribution in [3.63, 3.8) is 0 Å². The lowest BCUT2D eigenvalue weighted by Gasteiger charge is -2.35. The molecule has 3 nitrogen and oxygen atoms in total. The minimum absolute atomic E-state index is 0.0487. The van der Waals surface area contributed by atoms with Crippen molar-refractivity contribution in [1.82, 2.24) is 0 Å². The van der Waals surface area contributed by atoms with Crippen LogP contribution in [0.1, 0.15) is 83.1 Å². The highest BCUT2D eigenvalue weighted by Crippen LogP contribution is 2.50. The Bertz CT molecular complexity index is 320. The fraction of sp³-hybridized carbons (Fsp3) is 1.00. The van der Waals surface area contributed by atoms with E-state index in [0.29, 0.717) is 0 Å². The molecule has 0 aromatic carbocycles. The topological polar surface area (TPSA) is 35.5 Å². The van der Waals surface area contributed by atoms with E-state index in [1.165, 1.54) is 0 Å². The summed E-state index contributed by atoms with van der Waals surface area (Å²) >= 11 is 0. The molecule has 0 heterocycles. The lowest BCUT2D eigenvalue weighted by Crippen LogP contribution is -2.39. The van der Waals surface area contributed by atoms with Gasteiger partial charge in [-0.15, -0.1) is 0 Å². The summed E-state index contributed by atoms with van der Waals surface area (Å²) in [5.74, 6) is 0. The molecule has 22 heavy (non-hydrogen) atoms.